The summed E-state index contributed by atoms with van der Waals surface area (Å²) in [4.78, 5) is 29.3. The van der Waals surface area contributed by atoms with Gasteiger partial charge >= 0.3 is 0 Å². The summed E-state index contributed by atoms with van der Waals surface area (Å²) in [6.45, 7) is 0.703. The van der Waals surface area contributed by atoms with Crippen LogP contribution in [0, 0.1) is 0 Å². The van der Waals surface area contributed by atoms with Crippen LogP contribution in [0.4, 0.5) is 11.4 Å². The normalized spacial score (nSPS) is 14.1. The summed E-state index contributed by atoms with van der Waals surface area (Å²) >= 11 is 6.24. The topological polar surface area (TPSA) is 65.2 Å². The number of aryl methyl sites for hydroxylation is 1. The molecule has 2 N–H and O–H groups in total. The fraction of sp³-hybridized carbons (Fsp3) is 0.238. The second-order valence-corrected chi connectivity index (χ2v) is 7.13. The first-order valence-electron chi connectivity index (χ1n) is 9.06. The molecule has 5 nitrogen and oxygen atoms in total. The van der Waals surface area contributed by atoms with Crippen LogP contribution in [0.2, 0.25) is 5.02 Å². The van der Waals surface area contributed by atoms with E-state index < -0.39 is 0 Å². The number of fused-ring (bicyclic) bond motifs is 1. The molecule has 1 fully saturated rings. The fourth-order valence-corrected chi connectivity index (χ4v) is 3.66. The van der Waals surface area contributed by atoms with Crippen molar-refractivity contribution in [3.8, 4) is 0 Å². The zero-order chi connectivity index (χ0) is 18.8. The average molecular weight is 382 g/mol. The van der Waals surface area contributed by atoms with Crippen LogP contribution >= 0.6 is 11.6 Å². The third kappa shape index (κ3) is 3.69. The number of H-pyrrole nitrogens is 1. The van der Waals surface area contributed by atoms with Gasteiger partial charge in [0.15, 0.2) is 0 Å². The van der Waals surface area contributed by atoms with Crippen LogP contribution in [0.1, 0.15) is 24.8 Å². The van der Waals surface area contributed by atoms with Crippen LogP contribution in [-0.2, 0) is 16.0 Å². The summed E-state index contributed by atoms with van der Waals surface area (Å²) in [5, 5.41) is 4.48. The fourth-order valence-electron chi connectivity index (χ4n) is 3.50. The number of hydrogen-bond acceptors (Lipinski definition) is 2. The SMILES string of the molecule is O=C(CCc1c[nH]c2ccccc12)Nc1cc(N2CCCC2=O)ccc1Cl. The number of anilines is 2. The van der Waals surface area contributed by atoms with Crippen molar-refractivity contribution in [1.82, 2.24) is 4.98 Å². The standard InChI is InChI=1S/C21H20ClN3O2/c22-17-9-8-15(25-11-3-6-21(25)27)12-19(17)24-20(26)10-7-14-13-23-18-5-2-1-4-16(14)18/h1-2,4-5,8-9,12-13,23H,3,6-7,10-11H2,(H,24,26). The minimum atomic E-state index is -0.105. The van der Waals surface area contributed by atoms with Crippen molar-refractivity contribution in [3.63, 3.8) is 0 Å². The van der Waals surface area contributed by atoms with Gasteiger partial charge in [-0.2, -0.15) is 0 Å². The van der Waals surface area contributed by atoms with Crippen LogP contribution in [0.15, 0.2) is 48.7 Å². The van der Waals surface area contributed by atoms with Crippen molar-refractivity contribution in [1.29, 1.82) is 0 Å². The lowest BCUT2D eigenvalue weighted by Crippen LogP contribution is -2.23. The molecule has 0 spiro atoms. The first kappa shape index (κ1) is 17.6. The van der Waals surface area contributed by atoms with E-state index in [4.69, 9.17) is 11.6 Å². The van der Waals surface area contributed by atoms with E-state index in [9.17, 15) is 9.59 Å². The van der Waals surface area contributed by atoms with E-state index in [1.54, 1.807) is 17.0 Å². The molecule has 138 valence electrons. The molecule has 1 saturated heterocycles. The van der Waals surface area contributed by atoms with Crippen molar-refractivity contribution in [2.45, 2.75) is 25.7 Å². The number of hydrogen-bond donors (Lipinski definition) is 2. The van der Waals surface area contributed by atoms with Gasteiger partial charge in [-0.3, -0.25) is 9.59 Å². The molecule has 0 unspecified atom stereocenters. The number of benzene rings is 2. The highest BCUT2D eigenvalue weighted by atomic mass is 35.5. The van der Waals surface area contributed by atoms with E-state index in [2.05, 4.69) is 10.3 Å². The average Bonchev–Trinajstić information content (AvgIpc) is 3.28. The number of carbonyl (C=O) groups is 2. The molecule has 0 aliphatic carbocycles. The Kier molecular flexibility index (Phi) is 4.86. The monoisotopic (exact) mass is 381 g/mol. The Bertz CT molecular complexity index is 1010. The van der Waals surface area contributed by atoms with Gasteiger partial charge in [-0.25, -0.2) is 0 Å². The molecule has 1 aromatic heterocycles. The molecule has 1 aliphatic heterocycles. The van der Waals surface area contributed by atoms with Crippen LogP contribution in [-0.4, -0.2) is 23.3 Å². The number of halogens is 1. The molecule has 0 atom stereocenters. The highest BCUT2D eigenvalue weighted by molar-refractivity contribution is 6.33. The van der Waals surface area contributed by atoms with Gasteiger partial charge in [0, 0.05) is 42.2 Å². The summed E-state index contributed by atoms with van der Waals surface area (Å²) < 4.78 is 0. The van der Waals surface area contributed by atoms with E-state index >= 15 is 0 Å². The minimum Gasteiger partial charge on any atom is -0.361 e. The number of rotatable bonds is 5. The van der Waals surface area contributed by atoms with Gasteiger partial charge in [0.2, 0.25) is 11.8 Å². The Morgan fingerprint density at radius 3 is 2.89 bits per heavy atom. The lowest BCUT2D eigenvalue weighted by atomic mass is 10.1. The molecule has 1 aliphatic rings. The zero-order valence-corrected chi connectivity index (χ0v) is 15.6. The van der Waals surface area contributed by atoms with Crippen LogP contribution in [0.3, 0.4) is 0 Å². The second kappa shape index (κ2) is 7.45. The molecule has 4 rings (SSSR count). The third-order valence-electron chi connectivity index (χ3n) is 4.91. The minimum absolute atomic E-state index is 0.105. The molecular formula is C21H20ClN3O2. The number of aromatic amines is 1. The molecule has 0 radical (unpaired) electrons. The lowest BCUT2D eigenvalue weighted by molar-refractivity contribution is -0.117. The smallest absolute Gasteiger partial charge is 0.227 e. The summed E-state index contributed by atoms with van der Waals surface area (Å²) in [7, 11) is 0. The second-order valence-electron chi connectivity index (χ2n) is 6.72. The van der Waals surface area contributed by atoms with Crippen LogP contribution in [0.5, 0.6) is 0 Å². The Labute approximate surface area is 162 Å². The van der Waals surface area contributed by atoms with Crippen LogP contribution in [0.25, 0.3) is 10.9 Å². The summed E-state index contributed by atoms with van der Waals surface area (Å²) in [5.74, 6) is 0.000939. The molecule has 2 heterocycles. The van der Waals surface area contributed by atoms with Crippen molar-refractivity contribution in [2.24, 2.45) is 0 Å². The number of nitrogens with zero attached hydrogens (tertiary/aromatic N) is 1. The zero-order valence-electron chi connectivity index (χ0n) is 14.8. The molecule has 6 heteroatoms. The number of para-hydroxylation sites is 1. The maximum atomic E-state index is 12.4. The molecule has 2 aromatic carbocycles. The quantitative estimate of drug-likeness (QED) is 0.682. The summed E-state index contributed by atoms with van der Waals surface area (Å²) in [5.41, 5.74) is 3.49. The maximum Gasteiger partial charge on any atom is 0.227 e. The molecule has 2 amide bonds. The van der Waals surface area contributed by atoms with Crippen molar-refractivity contribution in [3.05, 3.63) is 59.2 Å². The first-order chi connectivity index (χ1) is 13.1. The predicted molar refractivity (Wildman–Crippen MR) is 108 cm³/mol. The number of nitrogens with one attached hydrogen (secondary N) is 2. The van der Waals surface area contributed by atoms with Crippen molar-refractivity contribution < 1.29 is 9.59 Å². The summed E-state index contributed by atoms with van der Waals surface area (Å²) in [6, 6.07) is 13.3. The molecule has 27 heavy (non-hydrogen) atoms. The van der Waals surface area contributed by atoms with Gasteiger partial charge in [0.25, 0.3) is 0 Å². The van der Waals surface area contributed by atoms with Gasteiger partial charge in [0.1, 0.15) is 0 Å². The highest BCUT2D eigenvalue weighted by Gasteiger charge is 2.22. The van der Waals surface area contributed by atoms with Gasteiger partial charge in [-0.1, -0.05) is 29.8 Å². The molecule has 0 bridgehead atoms. The Morgan fingerprint density at radius 1 is 1.22 bits per heavy atom. The Hall–Kier alpha value is -2.79. The maximum absolute atomic E-state index is 12.4. The van der Waals surface area contributed by atoms with Crippen molar-refractivity contribution >= 4 is 45.7 Å². The van der Waals surface area contributed by atoms with Gasteiger partial charge in [-0.15, -0.1) is 0 Å². The first-order valence-corrected chi connectivity index (χ1v) is 9.44. The van der Waals surface area contributed by atoms with E-state index in [0.29, 0.717) is 36.5 Å². The summed E-state index contributed by atoms with van der Waals surface area (Å²) in [6.07, 6.45) is 4.36. The molecule has 3 aromatic rings. The van der Waals surface area contributed by atoms with E-state index in [1.807, 2.05) is 36.5 Å². The lowest BCUT2D eigenvalue weighted by Gasteiger charge is -2.17. The largest absolute Gasteiger partial charge is 0.361 e. The van der Waals surface area contributed by atoms with Gasteiger partial charge in [0.05, 0.1) is 10.7 Å². The Morgan fingerprint density at radius 2 is 2.07 bits per heavy atom. The number of carbonyl (C=O) groups excluding carboxylic acids is 2. The van der Waals surface area contributed by atoms with E-state index in [1.165, 1.54) is 0 Å². The van der Waals surface area contributed by atoms with Crippen LogP contribution < -0.4 is 10.2 Å². The number of aromatic nitrogens is 1. The van der Waals surface area contributed by atoms with Gasteiger partial charge < -0.3 is 15.2 Å². The number of amides is 2. The van der Waals surface area contributed by atoms with Crippen molar-refractivity contribution in [2.75, 3.05) is 16.8 Å². The Balaban J connectivity index is 1.44. The predicted octanol–water partition coefficient (Wildman–Crippen LogP) is 4.52. The van der Waals surface area contributed by atoms with E-state index in [-0.39, 0.29) is 11.8 Å². The highest BCUT2D eigenvalue weighted by Crippen LogP contribution is 2.30. The van der Waals surface area contributed by atoms with Gasteiger partial charge in [-0.05, 0) is 42.7 Å². The third-order valence-corrected chi connectivity index (χ3v) is 5.24. The molecular weight excluding hydrogens is 362 g/mol. The van der Waals surface area contributed by atoms with E-state index in [0.717, 1.165) is 28.6 Å². The molecule has 0 saturated carbocycles.